The molecule has 2 atom stereocenters. The molecule has 0 aromatic heterocycles. The van der Waals surface area contributed by atoms with Crippen LogP contribution < -0.4 is 10.1 Å². The van der Waals surface area contributed by atoms with Gasteiger partial charge in [0.25, 0.3) is 5.91 Å². The highest BCUT2D eigenvalue weighted by Gasteiger charge is 2.40. The van der Waals surface area contributed by atoms with Gasteiger partial charge in [-0.2, -0.15) is 5.10 Å². The van der Waals surface area contributed by atoms with Crippen LogP contribution in [-0.2, 0) is 9.59 Å². The van der Waals surface area contributed by atoms with Crippen molar-refractivity contribution in [3.63, 3.8) is 0 Å². The number of fused-ring (bicyclic) bond motifs is 1. The number of carbonyl (C=O) groups is 2. The third kappa shape index (κ3) is 4.57. The smallest absolute Gasteiger partial charge is 0.296 e. The highest BCUT2D eigenvalue weighted by molar-refractivity contribution is 6.07. The van der Waals surface area contributed by atoms with E-state index in [9.17, 15) is 9.59 Å². The molecule has 3 aliphatic rings. The lowest BCUT2D eigenvalue weighted by Crippen LogP contribution is -2.47. The predicted molar refractivity (Wildman–Crippen MR) is 124 cm³/mol. The van der Waals surface area contributed by atoms with Crippen molar-refractivity contribution in [2.45, 2.75) is 52.0 Å². The maximum atomic E-state index is 13.0. The predicted octanol–water partition coefficient (Wildman–Crippen LogP) is 3.50. The summed E-state index contributed by atoms with van der Waals surface area (Å²) in [5.41, 5.74) is 2.45. The van der Waals surface area contributed by atoms with Gasteiger partial charge in [0, 0.05) is 24.4 Å². The molecule has 0 unspecified atom stereocenters. The molecule has 0 radical (unpaired) electrons. The van der Waals surface area contributed by atoms with Gasteiger partial charge in [0.1, 0.15) is 5.75 Å². The number of amides is 2. The summed E-state index contributed by atoms with van der Waals surface area (Å²) in [4.78, 5) is 25.1. The zero-order valence-corrected chi connectivity index (χ0v) is 19.1. The van der Waals surface area contributed by atoms with Gasteiger partial charge < -0.3 is 10.1 Å². The summed E-state index contributed by atoms with van der Waals surface area (Å²) in [6.45, 7) is 4.65. The molecule has 1 aromatic carbocycles. The molecule has 32 heavy (non-hydrogen) atoms. The molecule has 4 rings (SSSR count). The first kappa shape index (κ1) is 22.1. The van der Waals surface area contributed by atoms with Gasteiger partial charge >= 0.3 is 0 Å². The number of allylic oxidation sites excluding steroid dienone is 2. The molecule has 168 valence electrons. The third-order valence-electron chi connectivity index (χ3n) is 6.61. The van der Waals surface area contributed by atoms with Crippen LogP contribution >= 0.6 is 0 Å². The average Bonchev–Trinajstić information content (AvgIpc) is 2.76. The molecule has 2 aliphatic carbocycles. The summed E-state index contributed by atoms with van der Waals surface area (Å²) in [6, 6.07) is 5.73. The standard InChI is InChI=1S/C26H31N3O3/c1-17(2)29-26(31)22-10-5-4-9-21(22)25(28-29)20-11-13-23(32-3)19(15-20)12-14-24(30)27-16-18-7-6-8-18/h4-5,11,13,15,17-18,21-22H,6-10,16H2,1-3H3,(H,27,30)/t21-,22+/m0/s1. The molecule has 6 heteroatoms. The number of hydrogen-bond acceptors (Lipinski definition) is 4. The van der Waals surface area contributed by atoms with Crippen molar-refractivity contribution in [1.29, 1.82) is 0 Å². The van der Waals surface area contributed by atoms with Crippen molar-refractivity contribution >= 4 is 17.5 Å². The number of benzene rings is 1. The lowest BCUT2D eigenvalue weighted by molar-refractivity contribution is -0.139. The first-order chi connectivity index (χ1) is 15.5. The van der Waals surface area contributed by atoms with Crippen LogP contribution in [0.5, 0.6) is 5.75 Å². The van der Waals surface area contributed by atoms with Gasteiger partial charge in [-0.15, -0.1) is 0 Å². The molecule has 2 amide bonds. The van der Waals surface area contributed by atoms with Gasteiger partial charge in [-0.05, 0) is 69.2 Å². The number of rotatable bonds is 5. The van der Waals surface area contributed by atoms with E-state index in [0.717, 1.165) is 24.1 Å². The van der Waals surface area contributed by atoms with Crippen LogP contribution in [0.2, 0.25) is 0 Å². The van der Waals surface area contributed by atoms with Crippen molar-refractivity contribution in [3.05, 3.63) is 41.5 Å². The number of hydrogen-bond donors (Lipinski definition) is 1. The van der Waals surface area contributed by atoms with Crippen LogP contribution in [0, 0.1) is 29.6 Å². The Labute approximate surface area is 190 Å². The fourth-order valence-electron chi connectivity index (χ4n) is 4.51. The first-order valence-corrected chi connectivity index (χ1v) is 11.5. The van der Waals surface area contributed by atoms with Crippen molar-refractivity contribution in [2.24, 2.45) is 22.9 Å². The number of hydrazone groups is 1. The second kappa shape index (κ2) is 9.60. The number of nitrogens with zero attached hydrogens (tertiary/aromatic N) is 2. The minimum Gasteiger partial charge on any atom is -0.495 e. The highest BCUT2D eigenvalue weighted by Crippen LogP contribution is 2.36. The maximum absolute atomic E-state index is 13.0. The molecule has 0 bridgehead atoms. The summed E-state index contributed by atoms with van der Waals surface area (Å²) in [5.74, 6) is 6.66. The van der Waals surface area contributed by atoms with E-state index in [4.69, 9.17) is 9.84 Å². The summed E-state index contributed by atoms with van der Waals surface area (Å²) >= 11 is 0. The minimum atomic E-state index is -0.270. The summed E-state index contributed by atoms with van der Waals surface area (Å²) < 4.78 is 5.48. The largest absolute Gasteiger partial charge is 0.495 e. The Hall–Kier alpha value is -3.07. The number of methoxy groups -OCH3 is 1. The van der Waals surface area contributed by atoms with Crippen molar-refractivity contribution in [1.82, 2.24) is 10.3 Å². The van der Waals surface area contributed by atoms with Crippen LogP contribution in [0.1, 0.15) is 57.1 Å². The number of carbonyl (C=O) groups excluding carboxylic acids is 2. The Morgan fingerprint density at radius 1 is 1.25 bits per heavy atom. The minimum absolute atomic E-state index is 0.0128. The van der Waals surface area contributed by atoms with Crippen LogP contribution in [0.4, 0.5) is 0 Å². The van der Waals surface area contributed by atoms with Gasteiger partial charge in [-0.25, -0.2) is 5.01 Å². The number of ether oxygens (including phenoxy) is 1. The van der Waals surface area contributed by atoms with Crippen molar-refractivity contribution < 1.29 is 14.3 Å². The average molecular weight is 434 g/mol. The Balaban J connectivity index is 1.62. The van der Waals surface area contributed by atoms with E-state index in [-0.39, 0.29) is 29.7 Å². The van der Waals surface area contributed by atoms with E-state index in [1.165, 1.54) is 19.3 Å². The van der Waals surface area contributed by atoms with Crippen LogP contribution in [0.3, 0.4) is 0 Å². The fourth-order valence-corrected chi connectivity index (χ4v) is 4.51. The van der Waals surface area contributed by atoms with Gasteiger partial charge in [0.15, 0.2) is 0 Å². The van der Waals surface area contributed by atoms with Crippen LogP contribution in [0.15, 0.2) is 35.5 Å². The van der Waals surface area contributed by atoms with Crippen LogP contribution in [-0.4, -0.2) is 42.2 Å². The zero-order chi connectivity index (χ0) is 22.7. The molecule has 1 fully saturated rings. The highest BCUT2D eigenvalue weighted by atomic mass is 16.5. The van der Waals surface area contributed by atoms with Gasteiger partial charge in [-0.1, -0.05) is 24.5 Å². The molecule has 6 nitrogen and oxygen atoms in total. The van der Waals surface area contributed by atoms with Gasteiger partial charge in [-0.3, -0.25) is 9.59 Å². The van der Waals surface area contributed by atoms with Crippen molar-refractivity contribution in [2.75, 3.05) is 13.7 Å². The van der Waals surface area contributed by atoms with Crippen LogP contribution in [0.25, 0.3) is 0 Å². The molecule has 1 saturated carbocycles. The molecule has 0 spiro atoms. The Kier molecular flexibility index (Phi) is 6.64. The maximum Gasteiger partial charge on any atom is 0.296 e. The van der Waals surface area contributed by atoms with E-state index in [0.29, 0.717) is 23.8 Å². The molecule has 1 aromatic rings. The van der Waals surface area contributed by atoms with Gasteiger partial charge in [0.2, 0.25) is 5.91 Å². The quantitative estimate of drug-likeness (QED) is 0.571. The molecule has 1 heterocycles. The Bertz CT molecular complexity index is 1010. The number of nitrogens with one attached hydrogen (secondary N) is 1. The first-order valence-electron chi connectivity index (χ1n) is 11.5. The molecular weight excluding hydrogens is 402 g/mol. The Morgan fingerprint density at radius 3 is 2.66 bits per heavy atom. The fraction of sp³-hybridized carbons (Fsp3) is 0.500. The van der Waals surface area contributed by atoms with Crippen molar-refractivity contribution in [3.8, 4) is 17.6 Å². The van der Waals surface area contributed by atoms with E-state index in [2.05, 4.69) is 29.3 Å². The summed E-state index contributed by atoms with van der Waals surface area (Å²) in [5, 5.41) is 9.28. The van der Waals surface area contributed by atoms with E-state index >= 15 is 0 Å². The van der Waals surface area contributed by atoms with E-state index in [1.54, 1.807) is 12.1 Å². The zero-order valence-electron chi connectivity index (χ0n) is 19.1. The monoisotopic (exact) mass is 433 g/mol. The second-order valence-electron chi connectivity index (χ2n) is 9.09. The normalized spacial score (nSPS) is 22.4. The molecular formula is C26H31N3O3. The summed E-state index contributed by atoms with van der Waals surface area (Å²) in [6.07, 6.45) is 9.35. The molecule has 1 aliphatic heterocycles. The molecule has 0 saturated heterocycles. The lowest BCUT2D eigenvalue weighted by Gasteiger charge is -2.38. The molecule has 1 N–H and O–H groups in total. The lowest BCUT2D eigenvalue weighted by atomic mass is 9.76. The Morgan fingerprint density at radius 2 is 2.00 bits per heavy atom. The topological polar surface area (TPSA) is 71.0 Å². The van der Waals surface area contributed by atoms with E-state index < -0.39 is 0 Å². The summed E-state index contributed by atoms with van der Waals surface area (Å²) in [7, 11) is 1.59. The van der Waals surface area contributed by atoms with Gasteiger partial charge in [0.05, 0.1) is 24.3 Å². The third-order valence-corrected chi connectivity index (χ3v) is 6.61. The van der Waals surface area contributed by atoms with E-state index in [1.807, 2.05) is 32.0 Å². The SMILES string of the molecule is COc1ccc(C2=NN(C(C)C)C(=O)[C@@H]3CC=CC[C@H]23)cc1C#CC(=O)NCC1CCC1. The second-order valence-corrected chi connectivity index (χ2v) is 9.09.